The van der Waals surface area contributed by atoms with Crippen molar-refractivity contribution in [3.63, 3.8) is 0 Å². The van der Waals surface area contributed by atoms with Crippen molar-refractivity contribution in [2.24, 2.45) is 0 Å². The van der Waals surface area contributed by atoms with E-state index in [2.05, 4.69) is 5.32 Å². The molecular weight excluding hydrogens is 243 g/mol. The molecular formula is C15H15FN2O. The number of nitrogens with two attached hydrogens (primary N) is 1. The molecule has 2 rings (SSSR count). The molecule has 0 saturated heterocycles. The highest BCUT2D eigenvalue weighted by Gasteiger charge is 2.12. The van der Waals surface area contributed by atoms with Crippen LogP contribution in [0.15, 0.2) is 36.4 Å². The van der Waals surface area contributed by atoms with E-state index in [1.54, 1.807) is 31.2 Å². The second-order valence-corrected chi connectivity index (χ2v) is 4.51. The first-order chi connectivity index (χ1) is 8.97. The molecule has 2 aromatic rings. The number of nitrogen functional groups attached to an aromatic ring is 1. The number of rotatable bonds is 2. The minimum absolute atomic E-state index is 0.0208. The van der Waals surface area contributed by atoms with Crippen molar-refractivity contribution in [2.45, 2.75) is 13.8 Å². The van der Waals surface area contributed by atoms with Crippen LogP contribution < -0.4 is 11.1 Å². The van der Waals surface area contributed by atoms with Gasteiger partial charge in [0, 0.05) is 11.4 Å². The second kappa shape index (κ2) is 5.10. The van der Waals surface area contributed by atoms with Gasteiger partial charge in [0.2, 0.25) is 0 Å². The van der Waals surface area contributed by atoms with Crippen molar-refractivity contribution >= 4 is 17.3 Å². The van der Waals surface area contributed by atoms with E-state index in [4.69, 9.17) is 5.73 Å². The summed E-state index contributed by atoms with van der Waals surface area (Å²) in [5, 5.41) is 2.67. The number of halogens is 1. The van der Waals surface area contributed by atoms with Crippen molar-refractivity contribution in [1.29, 1.82) is 0 Å². The quantitative estimate of drug-likeness (QED) is 0.812. The summed E-state index contributed by atoms with van der Waals surface area (Å²) in [4.78, 5) is 12.0. The summed E-state index contributed by atoms with van der Waals surface area (Å²) >= 11 is 0. The van der Waals surface area contributed by atoms with Crippen molar-refractivity contribution < 1.29 is 9.18 Å². The first-order valence-electron chi connectivity index (χ1n) is 5.91. The Hall–Kier alpha value is -2.36. The maximum absolute atomic E-state index is 13.7. The number of benzene rings is 2. The SMILES string of the molecule is Cc1ccc(C(=O)Nc2cc(N)ccc2C)c(F)c1. The molecule has 0 aliphatic rings. The zero-order valence-corrected chi connectivity index (χ0v) is 10.8. The lowest BCUT2D eigenvalue weighted by Gasteiger charge is -2.10. The normalized spacial score (nSPS) is 10.3. The van der Waals surface area contributed by atoms with E-state index in [1.807, 2.05) is 6.92 Å². The van der Waals surface area contributed by atoms with Crippen LogP contribution in [0.1, 0.15) is 21.5 Å². The number of hydrogen-bond donors (Lipinski definition) is 2. The highest BCUT2D eigenvalue weighted by Crippen LogP contribution is 2.20. The van der Waals surface area contributed by atoms with Crippen LogP contribution in [0.2, 0.25) is 0 Å². The maximum atomic E-state index is 13.7. The molecule has 0 heterocycles. The lowest BCUT2D eigenvalue weighted by Crippen LogP contribution is -2.14. The molecule has 0 aromatic heterocycles. The molecule has 19 heavy (non-hydrogen) atoms. The maximum Gasteiger partial charge on any atom is 0.258 e. The van der Waals surface area contributed by atoms with Gasteiger partial charge in [-0.15, -0.1) is 0 Å². The summed E-state index contributed by atoms with van der Waals surface area (Å²) in [6.45, 7) is 3.62. The highest BCUT2D eigenvalue weighted by molar-refractivity contribution is 6.05. The fourth-order valence-electron chi connectivity index (χ4n) is 1.77. The third-order valence-electron chi connectivity index (χ3n) is 2.88. The Morgan fingerprint density at radius 3 is 2.58 bits per heavy atom. The van der Waals surface area contributed by atoms with Gasteiger partial charge in [-0.05, 0) is 49.2 Å². The van der Waals surface area contributed by atoms with Gasteiger partial charge in [-0.2, -0.15) is 0 Å². The Kier molecular flexibility index (Phi) is 3.51. The number of nitrogens with one attached hydrogen (secondary N) is 1. The third kappa shape index (κ3) is 2.91. The molecule has 0 saturated carbocycles. The predicted octanol–water partition coefficient (Wildman–Crippen LogP) is 3.28. The summed E-state index contributed by atoms with van der Waals surface area (Å²) in [6.07, 6.45) is 0. The lowest BCUT2D eigenvalue weighted by molar-refractivity contribution is 0.102. The van der Waals surface area contributed by atoms with E-state index in [0.29, 0.717) is 11.4 Å². The Bertz CT molecular complexity index is 638. The number of aryl methyl sites for hydroxylation is 2. The summed E-state index contributed by atoms with van der Waals surface area (Å²) in [7, 11) is 0. The fourth-order valence-corrected chi connectivity index (χ4v) is 1.77. The Morgan fingerprint density at radius 2 is 1.89 bits per heavy atom. The van der Waals surface area contributed by atoms with Crippen molar-refractivity contribution in [3.8, 4) is 0 Å². The van der Waals surface area contributed by atoms with Crippen LogP contribution in [-0.2, 0) is 0 Å². The molecule has 98 valence electrons. The van der Waals surface area contributed by atoms with E-state index >= 15 is 0 Å². The average Bonchev–Trinajstić information content (AvgIpc) is 2.33. The summed E-state index contributed by atoms with van der Waals surface area (Å²) in [5.74, 6) is -1.01. The van der Waals surface area contributed by atoms with Gasteiger partial charge >= 0.3 is 0 Å². The topological polar surface area (TPSA) is 55.1 Å². The van der Waals surface area contributed by atoms with Crippen molar-refractivity contribution in [2.75, 3.05) is 11.1 Å². The molecule has 3 N–H and O–H groups in total. The van der Waals surface area contributed by atoms with Crippen LogP contribution in [0.4, 0.5) is 15.8 Å². The molecule has 4 heteroatoms. The molecule has 0 unspecified atom stereocenters. The van der Waals surface area contributed by atoms with Gasteiger partial charge in [0.25, 0.3) is 5.91 Å². The number of anilines is 2. The van der Waals surface area contributed by atoms with Gasteiger partial charge in [-0.25, -0.2) is 4.39 Å². The molecule has 0 bridgehead atoms. The fraction of sp³-hybridized carbons (Fsp3) is 0.133. The van der Waals surface area contributed by atoms with Crippen LogP contribution in [0.5, 0.6) is 0 Å². The number of carbonyl (C=O) groups is 1. The van der Waals surface area contributed by atoms with Crippen LogP contribution in [0.25, 0.3) is 0 Å². The van der Waals surface area contributed by atoms with Gasteiger partial charge in [0.15, 0.2) is 0 Å². The zero-order chi connectivity index (χ0) is 14.0. The second-order valence-electron chi connectivity index (χ2n) is 4.51. The molecule has 0 aliphatic carbocycles. The van der Waals surface area contributed by atoms with Gasteiger partial charge in [-0.3, -0.25) is 4.79 Å². The summed E-state index contributed by atoms with van der Waals surface area (Å²) < 4.78 is 13.7. The highest BCUT2D eigenvalue weighted by atomic mass is 19.1. The smallest absolute Gasteiger partial charge is 0.258 e. The van der Waals surface area contributed by atoms with E-state index in [-0.39, 0.29) is 5.56 Å². The third-order valence-corrected chi connectivity index (χ3v) is 2.88. The largest absolute Gasteiger partial charge is 0.399 e. The van der Waals surface area contributed by atoms with Gasteiger partial charge in [0.1, 0.15) is 5.82 Å². The first kappa shape index (κ1) is 13.1. The molecule has 3 nitrogen and oxygen atoms in total. The molecule has 0 aliphatic heterocycles. The molecule has 0 spiro atoms. The number of amides is 1. The summed E-state index contributed by atoms with van der Waals surface area (Å²) in [6, 6.07) is 9.71. The van der Waals surface area contributed by atoms with Gasteiger partial charge < -0.3 is 11.1 Å². The zero-order valence-electron chi connectivity index (χ0n) is 10.8. The van der Waals surface area contributed by atoms with E-state index < -0.39 is 11.7 Å². The van der Waals surface area contributed by atoms with Gasteiger partial charge in [-0.1, -0.05) is 12.1 Å². The summed E-state index contributed by atoms with van der Waals surface area (Å²) in [5.41, 5.74) is 8.46. The Labute approximate surface area is 111 Å². The van der Waals surface area contributed by atoms with Gasteiger partial charge in [0.05, 0.1) is 5.56 Å². The molecule has 2 aromatic carbocycles. The predicted molar refractivity (Wildman–Crippen MR) is 74.7 cm³/mol. The monoisotopic (exact) mass is 258 g/mol. The van der Waals surface area contributed by atoms with Crippen molar-refractivity contribution in [1.82, 2.24) is 0 Å². The molecule has 0 atom stereocenters. The molecule has 1 amide bonds. The van der Waals surface area contributed by atoms with Crippen LogP contribution in [-0.4, -0.2) is 5.91 Å². The van der Waals surface area contributed by atoms with E-state index in [9.17, 15) is 9.18 Å². The number of carbonyl (C=O) groups excluding carboxylic acids is 1. The van der Waals surface area contributed by atoms with Crippen LogP contribution >= 0.6 is 0 Å². The Balaban J connectivity index is 2.28. The number of hydrogen-bond acceptors (Lipinski definition) is 2. The van der Waals surface area contributed by atoms with Crippen LogP contribution in [0, 0.1) is 19.7 Å². The minimum atomic E-state index is -0.529. The Morgan fingerprint density at radius 1 is 1.16 bits per heavy atom. The standard InChI is InChI=1S/C15H15FN2O/c1-9-3-6-12(13(16)7-9)15(19)18-14-8-11(17)5-4-10(14)2/h3-8H,17H2,1-2H3,(H,18,19). The first-order valence-corrected chi connectivity index (χ1v) is 5.91. The minimum Gasteiger partial charge on any atom is -0.399 e. The lowest BCUT2D eigenvalue weighted by atomic mass is 10.1. The van der Waals surface area contributed by atoms with Crippen molar-refractivity contribution in [3.05, 3.63) is 58.9 Å². The average molecular weight is 258 g/mol. The van der Waals surface area contributed by atoms with Crippen LogP contribution in [0.3, 0.4) is 0 Å². The molecule has 0 radical (unpaired) electrons. The molecule has 0 fully saturated rings. The van der Waals surface area contributed by atoms with E-state index in [0.717, 1.165) is 11.1 Å². The van der Waals surface area contributed by atoms with E-state index in [1.165, 1.54) is 12.1 Å².